The summed E-state index contributed by atoms with van der Waals surface area (Å²) in [6.07, 6.45) is 0.945. The molecule has 0 saturated heterocycles. The summed E-state index contributed by atoms with van der Waals surface area (Å²) in [5, 5.41) is 2.75. The molecule has 0 aliphatic carbocycles. The quantitative estimate of drug-likeness (QED) is 0.660. The number of aromatic nitrogens is 1. The first kappa shape index (κ1) is 19.4. The summed E-state index contributed by atoms with van der Waals surface area (Å²) in [6.45, 7) is 1.82. The second-order valence-corrected chi connectivity index (χ2v) is 7.19. The number of halogens is 3. The summed E-state index contributed by atoms with van der Waals surface area (Å²) < 4.78 is 27.1. The van der Waals surface area contributed by atoms with Crippen LogP contribution in [0.5, 0.6) is 0 Å². The highest BCUT2D eigenvalue weighted by atomic mass is 35.5. The number of aromatic amines is 1. The van der Waals surface area contributed by atoms with Gasteiger partial charge in [-0.2, -0.15) is 0 Å². The molecular weight excluding hydrogens is 402 g/mol. The molecular formula is C20H17ClF2N4O2. The van der Waals surface area contributed by atoms with Crippen LogP contribution in [-0.4, -0.2) is 28.0 Å². The molecule has 0 bridgehead atoms. The molecule has 2 aromatic carbocycles. The number of aliphatic imine (C=N–C) groups is 1. The summed E-state index contributed by atoms with van der Waals surface area (Å²) >= 11 is 6.11. The van der Waals surface area contributed by atoms with Crippen molar-refractivity contribution >= 4 is 34.2 Å². The van der Waals surface area contributed by atoms with Crippen LogP contribution in [0, 0.1) is 11.6 Å². The van der Waals surface area contributed by atoms with E-state index in [1.54, 1.807) is 12.3 Å². The number of amides is 1. The zero-order chi connectivity index (χ0) is 20.7. The first-order chi connectivity index (χ1) is 13.8. The molecule has 29 heavy (non-hydrogen) atoms. The van der Waals surface area contributed by atoms with Gasteiger partial charge in [-0.1, -0.05) is 17.7 Å². The lowest BCUT2D eigenvalue weighted by atomic mass is 10.1. The zero-order valence-corrected chi connectivity index (χ0v) is 16.1. The fraction of sp³-hybridized carbons (Fsp3) is 0.200. The molecule has 1 amide bonds. The molecule has 150 valence electrons. The number of benzene rings is 2. The van der Waals surface area contributed by atoms with Crippen molar-refractivity contribution < 1.29 is 18.4 Å². The molecule has 2 heterocycles. The topological polar surface area (TPSA) is 83.7 Å². The van der Waals surface area contributed by atoms with Gasteiger partial charge < -0.3 is 10.7 Å². The summed E-state index contributed by atoms with van der Waals surface area (Å²) in [4.78, 5) is 25.1. The number of hydrogen-bond donors (Lipinski definition) is 2. The minimum atomic E-state index is -0.867. The van der Waals surface area contributed by atoms with E-state index >= 15 is 0 Å². The van der Waals surface area contributed by atoms with E-state index in [9.17, 15) is 13.6 Å². The maximum atomic E-state index is 14.0. The SMILES string of the molecule is CC(c1c[nH]c2ccc(Cl)cc12)N1OC(Cc2ccc(F)cc2F)N=C1C(N)=O. The molecule has 2 unspecified atom stereocenters. The lowest BCUT2D eigenvalue weighted by molar-refractivity contribution is -0.147. The smallest absolute Gasteiger partial charge is 0.286 e. The lowest BCUT2D eigenvalue weighted by Crippen LogP contribution is -2.38. The first-order valence-electron chi connectivity index (χ1n) is 8.87. The fourth-order valence-corrected chi connectivity index (χ4v) is 3.56. The van der Waals surface area contributed by atoms with Crippen LogP contribution in [0.4, 0.5) is 8.78 Å². The standard InChI is InChI=1S/C20H17ClF2N4O2/c1-10(15-9-25-17-5-3-12(21)7-14(15)17)27-20(19(24)28)26-18(29-27)6-11-2-4-13(22)8-16(11)23/h2-5,7-10,18,25H,6H2,1H3,(H2,24,28). The highest BCUT2D eigenvalue weighted by molar-refractivity contribution is 6.37. The molecule has 0 spiro atoms. The van der Waals surface area contributed by atoms with Gasteiger partial charge in [0.2, 0.25) is 5.84 Å². The van der Waals surface area contributed by atoms with Crippen molar-refractivity contribution in [2.24, 2.45) is 10.7 Å². The molecule has 2 atom stereocenters. The lowest BCUT2D eigenvalue weighted by Gasteiger charge is -2.25. The number of nitrogens with two attached hydrogens (primary N) is 1. The van der Waals surface area contributed by atoms with Crippen molar-refractivity contribution in [1.29, 1.82) is 0 Å². The van der Waals surface area contributed by atoms with Crippen molar-refractivity contribution in [2.75, 3.05) is 0 Å². The third-order valence-electron chi connectivity index (χ3n) is 4.82. The van der Waals surface area contributed by atoms with E-state index in [1.165, 1.54) is 11.1 Å². The van der Waals surface area contributed by atoms with Crippen molar-refractivity contribution in [3.8, 4) is 0 Å². The van der Waals surface area contributed by atoms with Gasteiger partial charge >= 0.3 is 0 Å². The zero-order valence-electron chi connectivity index (χ0n) is 15.3. The van der Waals surface area contributed by atoms with Crippen LogP contribution in [0.2, 0.25) is 5.02 Å². The minimum Gasteiger partial charge on any atom is -0.363 e. The number of amidine groups is 1. The van der Waals surface area contributed by atoms with Crippen LogP contribution in [0.3, 0.4) is 0 Å². The van der Waals surface area contributed by atoms with E-state index in [4.69, 9.17) is 22.2 Å². The van der Waals surface area contributed by atoms with E-state index in [1.807, 2.05) is 19.1 Å². The van der Waals surface area contributed by atoms with Gasteiger partial charge in [0.15, 0.2) is 6.23 Å². The van der Waals surface area contributed by atoms with Gasteiger partial charge in [0.1, 0.15) is 11.6 Å². The Morgan fingerprint density at radius 2 is 2.14 bits per heavy atom. The van der Waals surface area contributed by atoms with E-state index in [-0.39, 0.29) is 17.8 Å². The molecule has 4 rings (SSSR count). The van der Waals surface area contributed by atoms with E-state index < -0.39 is 29.8 Å². The third kappa shape index (κ3) is 3.68. The third-order valence-corrected chi connectivity index (χ3v) is 5.05. The number of nitrogens with one attached hydrogen (secondary N) is 1. The van der Waals surface area contributed by atoms with E-state index in [0.29, 0.717) is 5.02 Å². The summed E-state index contributed by atoms with van der Waals surface area (Å²) in [7, 11) is 0. The number of rotatable bonds is 5. The Bertz CT molecular complexity index is 1130. The highest BCUT2D eigenvalue weighted by Crippen LogP contribution is 2.33. The Kier molecular flexibility index (Phi) is 4.97. The Balaban J connectivity index is 1.62. The van der Waals surface area contributed by atoms with Crippen molar-refractivity contribution in [3.63, 3.8) is 0 Å². The summed E-state index contributed by atoms with van der Waals surface area (Å²) in [5.74, 6) is -2.21. The minimum absolute atomic E-state index is 0.0197. The molecule has 0 saturated carbocycles. The monoisotopic (exact) mass is 418 g/mol. The normalized spacial score (nSPS) is 17.6. The highest BCUT2D eigenvalue weighted by Gasteiger charge is 2.35. The second kappa shape index (κ2) is 7.46. The predicted molar refractivity (Wildman–Crippen MR) is 105 cm³/mol. The van der Waals surface area contributed by atoms with Crippen LogP contribution in [-0.2, 0) is 16.1 Å². The summed E-state index contributed by atoms with van der Waals surface area (Å²) in [6, 6.07) is 8.26. The van der Waals surface area contributed by atoms with Gasteiger partial charge in [0.05, 0.1) is 6.04 Å². The largest absolute Gasteiger partial charge is 0.363 e. The molecule has 6 nitrogen and oxygen atoms in total. The van der Waals surface area contributed by atoms with E-state index in [0.717, 1.165) is 28.6 Å². The Morgan fingerprint density at radius 3 is 2.86 bits per heavy atom. The van der Waals surface area contributed by atoms with E-state index in [2.05, 4.69) is 9.98 Å². The molecule has 0 fully saturated rings. The maximum Gasteiger partial charge on any atom is 0.286 e. The van der Waals surface area contributed by atoms with Gasteiger partial charge in [-0.25, -0.2) is 23.7 Å². The Hall–Kier alpha value is -2.97. The number of fused-ring (bicyclic) bond motifs is 1. The number of carbonyl (C=O) groups excluding carboxylic acids is 1. The number of primary amides is 1. The number of hydroxylamine groups is 2. The summed E-state index contributed by atoms with van der Waals surface area (Å²) in [5.41, 5.74) is 7.39. The molecule has 9 heteroatoms. The number of H-pyrrole nitrogens is 1. The number of nitrogens with zero attached hydrogens (tertiary/aromatic N) is 2. The van der Waals surface area contributed by atoms with Gasteiger partial charge in [-0.15, -0.1) is 0 Å². The van der Waals surface area contributed by atoms with Crippen LogP contribution in [0.15, 0.2) is 47.6 Å². The van der Waals surface area contributed by atoms with Gasteiger partial charge in [-0.3, -0.25) is 4.79 Å². The van der Waals surface area contributed by atoms with Crippen LogP contribution in [0.1, 0.15) is 24.1 Å². The van der Waals surface area contributed by atoms with Crippen LogP contribution < -0.4 is 5.73 Å². The number of hydrogen-bond acceptors (Lipinski definition) is 4. The average molecular weight is 419 g/mol. The number of carbonyl (C=O) groups is 1. The average Bonchev–Trinajstić information content (AvgIpc) is 3.27. The molecule has 0 radical (unpaired) electrons. The van der Waals surface area contributed by atoms with Gasteiger partial charge in [0, 0.05) is 40.2 Å². The van der Waals surface area contributed by atoms with Gasteiger partial charge in [-0.05, 0) is 36.8 Å². The maximum absolute atomic E-state index is 14.0. The molecule has 1 aromatic heterocycles. The second-order valence-electron chi connectivity index (χ2n) is 6.75. The van der Waals surface area contributed by atoms with Crippen molar-refractivity contribution in [3.05, 3.63) is 70.4 Å². The van der Waals surface area contributed by atoms with Gasteiger partial charge in [0.25, 0.3) is 5.91 Å². The molecule has 3 N–H and O–H groups in total. The predicted octanol–water partition coefficient (Wildman–Crippen LogP) is 3.86. The van der Waals surface area contributed by atoms with Crippen molar-refractivity contribution in [1.82, 2.24) is 10.0 Å². The molecule has 1 aliphatic heterocycles. The first-order valence-corrected chi connectivity index (χ1v) is 9.25. The molecule has 1 aliphatic rings. The van der Waals surface area contributed by atoms with Crippen LogP contribution in [0.25, 0.3) is 10.9 Å². The fourth-order valence-electron chi connectivity index (χ4n) is 3.39. The van der Waals surface area contributed by atoms with Crippen molar-refractivity contribution in [2.45, 2.75) is 25.6 Å². The molecule has 3 aromatic rings. The van der Waals surface area contributed by atoms with Crippen LogP contribution >= 0.6 is 11.6 Å². The Morgan fingerprint density at radius 1 is 1.34 bits per heavy atom. The Labute approximate surface area is 169 Å².